The van der Waals surface area contributed by atoms with Gasteiger partial charge >= 0.3 is 0 Å². The van der Waals surface area contributed by atoms with Crippen LogP contribution >= 0.6 is 0 Å². The predicted molar refractivity (Wildman–Crippen MR) is 61.7 cm³/mol. The Morgan fingerprint density at radius 3 is 2.12 bits per heavy atom. The summed E-state index contributed by atoms with van der Waals surface area (Å²) in [5.74, 6) is 2.67. The van der Waals surface area contributed by atoms with E-state index < -0.39 is 0 Å². The van der Waals surface area contributed by atoms with Crippen molar-refractivity contribution in [2.45, 2.75) is 5.92 Å². The fourth-order valence-electron chi connectivity index (χ4n) is 1.95. The molecule has 0 radical (unpaired) electrons. The van der Waals surface area contributed by atoms with E-state index in [4.69, 9.17) is 14.2 Å². The van der Waals surface area contributed by atoms with Crippen molar-refractivity contribution in [2.75, 3.05) is 34.4 Å². The molecule has 1 fully saturated rings. The summed E-state index contributed by atoms with van der Waals surface area (Å²) in [5.41, 5.74) is 1.18. The molecule has 0 aromatic heterocycles. The SMILES string of the molecule is COc1ccc(C2CNC2)c(OC)c1OC. The van der Waals surface area contributed by atoms with Crippen molar-refractivity contribution >= 4 is 0 Å². The Labute approximate surface area is 95.5 Å². The highest BCUT2D eigenvalue weighted by molar-refractivity contribution is 5.57. The van der Waals surface area contributed by atoms with Gasteiger partial charge in [0.2, 0.25) is 5.75 Å². The van der Waals surface area contributed by atoms with Gasteiger partial charge in [0.15, 0.2) is 11.5 Å². The van der Waals surface area contributed by atoms with E-state index in [1.54, 1.807) is 21.3 Å². The Bertz CT molecular complexity index is 375. The van der Waals surface area contributed by atoms with Crippen LogP contribution in [0, 0.1) is 0 Å². The average Bonchev–Trinajstić information content (AvgIpc) is 2.25. The summed E-state index contributed by atoms with van der Waals surface area (Å²) in [5, 5.41) is 3.25. The van der Waals surface area contributed by atoms with Crippen LogP contribution in [0.1, 0.15) is 11.5 Å². The second-order valence-electron chi connectivity index (χ2n) is 3.78. The lowest BCUT2D eigenvalue weighted by atomic mass is 9.92. The van der Waals surface area contributed by atoms with Crippen molar-refractivity contribution in [1.29, 1.82) is 0 Å². The number of hydrogen-bond acceptors (Lipinski definition) is 4. The van der Waals surface area contributed by atoms with Crippen molar-refractivity contribution in [2.24, 2.45) is 0 Å². The average molecular weight is 223 g/mol. The maximum absolute atomic E-state index is 5.43. The van der Waals surface area contributed by atoms with E-state index in [2.05, 4.69) is 5.32 Å². The van der Waals surface area contributed by atoms with Crippen LogP contribution in [0.2, 0.25) is 0 Å². The van der Waals surface area contributed by atoms with Crippen LogP contribution in [0.4, 0.5) is 0 Å². The van der Waals surface area contributed by atoms with Crippen LogP contribution < -0.4 is 19.5 Å². The van der Waals surface area contributed by atoms with E-state index in [1.807, 2.05) is 12.1 Å². The van der Waals surface area contributed by atoms with Gasteiger partial charge in [-0.25, -0.2) is 0 Å². The van der Waals surface area contributed by atoms with Crippen LogP contribution in [-0.4, -0.2) is 34.4 Å². The van der Waals surface area contributed by atoms with Gasteiger partial charge in [-0.05, 0) is 6.07 Å². The highest BCUT2D eigenvalue weighted by Crippen LogP contribution is 2.43. The normalized spacial score (nSPS) is 15.4. The molecule has 4 nitrogen and oxygen atoms in total. The minimum absolute atomic E-state index is 0.509. The molecule has 0 aliphatic carbocycles. The van der Waals surface area contributed by atoms with Crippen LogP contribution in [0.3, 0.4) is 0 Å². The second kappa shape index (κ2) is 4.61. The number of ether oxygens (including phenoxy) is 3. The zero-order chi connectivity index (χ0) is 11.5. The van der Waals surface area contributed by atoms with Gasteiger partial charge in [-0.15, -0.1) is 0 Å². The molecule has 16 heavy (non-hydrogen) atoms. The molecule has 0 spiro atoms. The molecule has 1 aliphatic heterocycles. The van der Waals surface area contributed by atoms with Crippen molar-refractivity contribution in [3.8, 4) is 17.2 Å². The van der Waals surface area contributed by atoms with Gasteiger partial charge in [0.25, 0.3) is 0 Å². The van der Waals surface area contributed by atoms with Gasteiger partial charge in [-0.2, -0.15) is 0 Å². The summed E-state index contributed by atoms with van der Waals surface area (Å²) in [4.78, 5) is 0. The van der Waals surface area contributed by atoms with E-state index in [0.717, 1.165) is 18.8 Å². The lowest BCUT2D eigenvalue weighted by Crippen LogP contribution is -2.40. The summed E-state index contributed by atoms with van der Waals surface area (Å²) < 4.78 is 16.0. The highest BCUT2D eigenvalue weighted by Gasteiger charge is 2.26. The summed E-state index contributed by atoms with van der Waals surface area (Å²) >= 11 is 0. The fourth-order valence-corrected chi connectivity index (χ4v) is 1.95. The van der Waals surface area contributed by atoms with Gasteiger partial charge in [-0.3, -0.25) is 0 Å². The maximum atomic E-state index is 5.43. The van der Waals surface area contributed by atoms with Gasteiger partial charge in [0.1, 0.15) is 0 Å². The molecule has 88 valence electrons. The molecule has 4 heteroatoms. The molecule has 1 aliphatic rings. The van der Waals surface area contributed by atoms with Crippen molar-refractivity contribution < 1.29 is 14.2 Å². The summed E-state index contributed by atoms with van der Waals surface area (Å²) in [6.07, 6.45) is 0. The molecular formula is C12H17NO3. The largest absolute Gasteiger partial charge is 0.493 e. The lowest BCUT2D eigenvalue weighted by molar-refractivity contribution is 0.316. The Morgan fingerprint density at radius 1 is 1.00 bits per heavy atom. The number of nitrogens with one attached hydrogen (secondary N) is 1. The van der Waals surface area contributed by atoms with Crippen LogP contribution in [0.15, 0.2) is 12.1 Å². The van der Waals surface area contributed by atoms with E-state index in [9.17, 15) is 0 Å². The lowest BCUT2D eigenvalue weighted by Gasteiger charge is -2.29. The quantitative estimate of drug-likeness (QED) is 0.837. The number of methoxy groups -OCH3 is 3. The Hall–Kier alpha value is -1.42. The third-order valence-electron chi connectivity index (χ3n) is 2.96. The zero-order valence-corrected chi connectivity index (χ0v) is 9.87. The molecule has 1 heterocycles. The predicted octanol–water partition coefficient (Wildman–Crippen LogP) is 1.40. The van der Waals surface area contributed by atoms with Crippen molar-refractivity contribution in [3.05, 3.63) is 17.7 Å². The molecule has 2 rings (SSSR count). The first kappa shape index (κ1) is 11.1. The van der Waals surface area contributed by atoms with Crippen LogP contribution in [-0.2, 0) is 0 Å². The van der Waals surface area contributed by atoms with Gasteiger partial charge in [-0.1, -0.05) is 6.07 Å². The third-order valence-corrected chi connectivity index (χ3v) is 2.96. The minimum atomic E-state index is 0.509. The fraction of sp³-hybridized carbons (Fsp3) is 0.500. The minimum Gasteiger partial charge on any atom is -0.493 e. The summed E-state index contributed by atoms with van der Waals surface area (Å²) in [7, 11) is 4.91. The van der Waals surface area contributed by atoms with E-state index in [1.165, 1.54) is 5.56 Å². The standard InChI is InChI=1S/C12H17NO3/c1-14-10-5-4-9(8-6-13-7-8)11(15-2)12(10)16-3/h4-5,8,13H,6-7H2,1-3H3. The maximum Gasteiger partial charge on any atom is 0.203 e. The number of rotatable bonds is 4. The Morgan fingerprint density at radius 2 is 1.69 bits per heavy atom. The van der Waals surface area contributed by atoms with Gasteiger partial charge in [0.05, 0.1) is 21.3 Å². The first-order valence-corrected chi connectivity index (χ1v) is 5.31. The van der Waals surface area contributed by atoms with Crippen molar-refractivity contribution in [3.63, 3.8) is 0 Å². The first-order valence-electron chi connectivity index (χ1n) is 5.31. The van der Waals surface area contributed by atoms with Crippen LogP contribution in [0.5, 0.6) is 17.2 Å². The first-order chi connectivity index (χ1) is 7.81. The van der Waals surface area contributed by atoms with E-state index >= 15 is 0 Å². The molecule has 0 saturated carbocycles. The summed E-state index contributed by atoms with van der Waals surface area (Å²) in [6, 6.07) is 3.97. The molecule has 1 aromatic rings. The van der Waals surface area contributed by atoms with Gasteiger partial charge < -0.3 is 19.5 Å². The molecule has 1 saturated heterocycles. The zero-order valence-electron chi connectivity index (χ0n) is 9.87. The summed E-state index contributed by atoms with van der Waals surface area (Å²) in [6.45, 7) is 1.98. The molecule has 0 bridgehead atoms. The third kappa shape index (κ3) is 1.69. The molecule has 0 unspecified atom stereocenters. The number of hydrogen-bond donors (Lipinski definition) is 1. The topological polar surface area (TPSA) is 39.7 Å². The van der Waals surface area contributed by atoms with Crippen molar-refractivity contribution in [1.82, 2.24) is 5.32 Å². The molecule has 0 atom stereocenters. The van der Waals surface area contributed by atoms with Crippen LogP contribution in [0.25, 0.3) is 0 Å². The second-order valence-corrected chi connectivity index (χ2v) is 3.78. The Balaban J connectivity index is 2.45. The molecule has 1 N–H and O–H groups in total. The molecular weight excluding hydrogens is 206 g/mol. The number of benzene rings is 1. The Kier molecular flexibility index (Phi) is 3.19. The highest BCUT2D eigenvalue weighted by atomic mass is 16.5. The van der Waals surface area contributed by atoms with E-state index in [0.29, 0.717) is 17.4 Å². The smallest absolute Gasteiger partial charge is 0.203 e. The van der Waals surface area contributed by atoms with Gasteiger partial charge in [0, 0.05) is 24.6 Å². The molecule has 0 amide bonds. The molecule has 1 aromatic carbocycles. The monoisotopic (exact) mass is 223 g/mol. The van der Waals surface area contributed by atoms with E-state index in [-0.39, 0.29) is 0 Å².